The molecule has 164 valence electrons. The lowest BCUT2D eigenvalue weighted by molar-refractivity contribution is -0.152. The van der Waals surface area contributed by atoms with E-state index in [9.17, 15) is 26.8 Å². The summed E-state index contributed by atoms with van der Waals surface area (Å²) >= 11 is 0. The van der Waals surface area contributed by atoms with Gasteiger partial charge in [0.1, 0.15) is 11.6 Å². The van der Waals surface area contributed by atoms with Gasteiger partial charge >= 0.3 is 5.97 Å². The zero-order valence-corrected chi connectivity index (χ0v) is 17.5. The van der Waals surface area contributed by atoms with Crippen LogP contribution >= 0.6 is 0 Å². The van der Waals surface area contributed by atoms with Gasteiger partial charge in [0, 0.05) is 32.6 Å². The van der Waals surface area contributed by atoms with Gasteiger partial charge in [-0.15, -0.1) is 0 Å². The molecule has 2 heterocycles. The minimum absolute atomic E-state index is 0.00290. The van der Waals surface area contributed by atoms with Crippen molar-refractivity contribution >= 4 is 21.9 Å². The van der Waals surface area contributed by atoms with Crippen LogP contribution in [0.2, 0.25) is 0 Å². The number of amides is 1. The molecule has 31 heavy (non-hydrogen) atoms. The highest BCUT2D eigenvalue weighted by Gasteiger charge is 2.46. The maximum Gasteiger partial charge on any atom is 0.339 e. The maximum atomic E-state index is 14.0. The predicted molar refractivity (Wildman–Crippen MR) is 106 cm³/mol. The average molecular weight is 450 g/mol. The molecule has 0 N–H and O–H groups in total. The second-order valence-corrected chi connectivity index (χ2v) is 9.58. The quantitative estimate of drug-likeness (QED) is 0.668. The van der Waals surface area contributed by atoms with Crippen molar-refractivity contribution < 1.29 is 31.5 Å². The number of rotatable bonds is 3. The first-order valence-electron chi connectivity index (χ1n) is 9.68. The second-order valence-electron chi connectivity index (χ2n) is 7.70. The molecule has 1 atom stereocenters. The fourth-order valence-corrected chi connectivity index (χ4v) is 5.51. The Labute approximate surface area is 178 Å². The van der Waals surface area contributed by atoms with Crippen molar-refractivity contribution in [3.63, 3.8) is 0 Å². The van der Waals surface area contributed by atoms with Crippen molar-refractivity contribution in [1.82, 2.24) is 9.21 Å². The van der Waals surface area contributed by atoms with Gasteiger partial charge in [0.2, 0.25) is 10.0 Å². The van der Waals surface area contributed by atoms with Crippen LogP contribution in [0.1, 0.15) is 22.8 Å². The number of halogens is 2. The molecule has 2 aliphatic rings. The van der Waals surface area contributed by atoms with Crippen molar-refractivity contribution in [3.05, 3.63) is 65.2 Å². The minimum Gasteiger partial charge on any atom is -0.445 e. The van der Waals surface area contributed by atoms with E-state index in [1.54, 1.807) is 24.3 Å². The molecule has 0 aromatic heterocycles. The Morgan fingerprint density at radius 2 is 1.61 bits per heavy atom. The number of hydrogen-bond acceptors (Lipinski definition) is 5. The molecule has 0 aliphatic carbocycles. The molecule has 1 fully saturated rings. The summed E-state index contributed by atoms with van der Waals surface area (Å²) in [5.41, 5.74) is -0.300. The number of carbonyl (C=O) groups is 2. The maximum absolute atomic E-state index is 14.0. The summed E-state index contributed by atoms with van der Waals surface area (Å²) in [5, 5.41) is 0. The van der Waals surface area contributed by atoms with E-state index in [2.05, 4.69) is 0 Å². The van der Waals surface area contributed by atoms with Crippen LogP contribution in [0.5, 0.6) is 0 Å². The van der Waals surface area contributed by atoms with Gasteiger partial charge in [-0.1, -0.05) is 24.3 Å². The largest absolute Gasteiger partial charge is 0.445 e. The molecular weight excluding hydrogens is 430 g/mol. The van der Waals surface area contributed by atoms with E-state index < -0.39 is 44.0 Å². The lowest BCUT2D eigenvalue weighted by Gasteiger charge is -2.40. The van der Waals surface area contributed by atoms with Crippen LogP contribution in [0.15, 0.2) is 47.4 Å². The van der Waals surface area contributed by atoms with E-state index in [0.29, 0.717) is 11.1 Å². The summed E-state index contributed by atoms with van der Waals surface area (Å²) in [6.45, 7) is 1.26. The van der Waals surface area contributed by atoms with Gasteiger partial charge in [0.15, 0.2) is 10.5 Å². The Bertz CT molecular complexity index is 1140. The van der Waals surface area contributed by atoms with Crippen molar-refractivity contribution in [2.75, 3.05) is 26.2 Å². The normalized spacial score (nSPS) is 22.0. The van der Waals surface area contributed by atoms with Gasteiger partial charge in [-0.2, -0.15) is 4.31 Å². The number of fused-ring (bicyclic) bond motifs is 1. The van der Waals surface area contributed by atoms with Crippen molar-refractivity contribution in [1.29, 1.82) is 0 Å². The van der Waals surface area contributed by atoms with Crippen LogP contribution in [-0.4, -0.2) is 61.3 Å². The number of sulfonamides is 1. The molecule has 7 nitrogen and oxygen atoms in total. The molecule has 1 unspecified atom stereocenters. The Balaban J connectivity index is 1.49. The average Bonchev–Trinajstić information content (AvgIpc) is 2.73. The molecule has 4 rings (SSSR count). The monoisotopic (exact) mass is 450 g/mol. The molecular formula is C21H20F2N2O5S. The van der Waals surface area contributed by atoms with Crippen LogP contribution in [0.25, 0.3) is 0 Å². The van der Waals surface area contributed by atoms with Crippen LogP contribution in [0.4, 0.5) is 8.78 Å². The van der Waals surface area contributed by atoms with E-state index >= 15 is 0 Å². The minimum atomic E-state index is -4.40. The summed E-state index contributed by atoms with van der Waals surface area (Å²) in [4.78, 5) is 25.9. The molecule has 0 spiro atoms. The zero-order valence-electron chi connectivity index (χ0n) is 16.7. The van der Waals surface area contributed by atoms with Gasteiger partial charge < -0.3 is 9.64 Å². The summed E-state index contributed by atoms with van der Waals surface area (Å²) in [5.74, 6) is -3.36. The van der Waals surface area contributed by atoms with E-state index in [0.717, 1.165) is 22.5 Å². The lowest BCUT2D eigenvalue weighted by atomic mass is 9.89. The first-order chi connectivity index (χ1) is 14.6. The number of cyclic esters (lactones) is 1. The number of piperazine rings is 1. The molecule has 10 heteroatoms. The summed E-state index contributed by atoms with van der Waals surface area (Å²) < 4.78 is 59.8. The Morgan fingerprint density at radius 1 is 1.00 bits per heavy atom. The Hall–Kier alpha value is -2.85. The van der Waals surface area contributed by atoms with Gasteiger partial charge in [0.25, 0.3) is 5.91 Å². The van der Waals surface area contributed by atoms with Crippen LogP contribution in [0.3, 0.4) is 0 Å². The predicted octanol–water partition coefficient (Wildman–Crippen LogP) is 1.97. The van der Waals surface area contributed by atoms with Crippen LogP contribution < -0.4 is 0 Å². The highest BCUT2D eigenvalue weighted by Crippen LogP contribution is 2.31. The molecule has 0 saturated carbocycles. The molecule has 1 amide bonds. The smallest absolute Gasteiger partial charge is 0.339 e. The second kappa shape index (κ2) is 7.69. The van der Waals surface area contributed by atoms with Crippen molar-refractivity contribution in [3.8, 4) is 0 Å². The number of nitrogens with zero attached hydrogens (tertiary/aromatic N) is 2. The first kappa shape index (κ1) is 21.4. The molecule has 1 saturated heterocycles. The molecule has 0 radical (unpaired) electrons. The van der Waals surface area contributed by atoms with Crippen LogP contribution in [-0.2, 0) is 26.0 Å². The van der Waals surface area contributed by atoms with Gasteiger partial charge in [-0.3, -0.25) is 4.79 Å². The summed E-state index contributed by atoms with van der Waals surface area (Å²) in [6, 6.07) is 9.72. The third-order valence-corrected chi connectivity index (χ3v) is 7.53. The van der Waals surface area contributed by atoms with E-state index in [4.69, 9.17) is 4.74 Å². The SMILES string of the molecule is CC1(C(=O)N2CCN(S(=O)(=O)c3c(F)cccc3F)CC2)Cc2ccccc2C(=O)O1. The Kier molecular flexibility index (Phi) is 5.30. The summed E-state index contributed by atoms with van der Waals surface area (Å²) in [6.07, 6.45) is 0.201. The fourth-order valence-electron chi connectivity index (χ4n) is 3.98. The molecule has 2 aromatic rings. The van der Waals surface area contributed by atoms with E-state index in [-0.39, 0.29) is 32.6 Å². The molecule has 2 aromatic carbocycles. The topological polar surface area (TPSA) is 84.0 Å². The van der Waals surface area contributed by atoms with Crippen molar-refractivity contribution in [2.45, 2.75) is 23.8 Å². The Morgan fingerprint density at radius 3 is 2.26 bits per heavy atom. The summed E-state index contributed by atoms with van der Waals surface area (Å²) in [7, 11) is -4.40. The van der Waals surface area contributed by atoms with Gasteiger partial charge in [0.05, 0.1) is 5.56 Å². The van der Waals surface area contributed by atoms with Crippen molar-refractivity contribution in [2.24, 2.45) is 0 Å². The highest BCUT2D eigenvalue weighted by molar-refractivity contribution is 7.89. The lowest BCUT2D eigenvalue weighted by Crippen LogP contribution is -2.58. The van der Waals surface area contributed by atoms with E-state index in [1.165, 1.54) is 11.8 Å². The fraction of sp³-hybridized carbons (Fsp3) is 0.333. The van der Waals surface area contributed by atoms with Gasteiger partial charge in [-0.05, 0) is 30.7 Å². The first-order valence-corrected chi connectivity index (χ1v) is 11.1. The highest BCUT2D eigenvalue weighted by atomic mass is 32.2. The number of hydrogen-bond donors (Lipinski definition) is 0. The molecule has 2 aliphatic heterocycles. The number of ether oxygens (including phenoxy) is 1. The third-order valence-electron chi connectivity index (χ3n) is 5.58. The number of benzene rings is 2. The molecule has 0 bridgehead atoms. The number of esters is 1. The van der Waals surface area contributed by atoms with Crippen LogP contribution in [0, 0.1) is 11.6 Å². The third kappa shape index (κ3) is 3.70. The van der Waals surface area contributed by atoms with E-state index in [1.807, 2.05) is 0 Å². The standard InChI is InChI=1S/C21H20F2N2O5S/c1-21(13-14-5-2-3-6-15(14)19(26)30-21)20(27)24-9-11-25(12-10-24)31(28,29)18-16(22)7-4-8-17(18)23/h2-8H,9-13H2,1H3. The van der Waals surface area contributed by atoms with Gasteiger partial charge in [-0.25, -0.2) is 22.0 Å². The number of carbonyl (C=O) groups excluding carboxylic acids is 2. The zero-order chi connectivity index (χ0) is 22.4.